The number of hydrogen-bond donors (Lipinski definition) is 1. The summed E-state index contributed by atoms with van der Waals surface area (Å²) < 4.78 is 27.1. The number of amides is 1. The summed E-state index contributed by atoms with van der Waals surface area (Å²) in [6.45, 7) is 4.56. The van der Waals surface area contributed by atoms with Crippen LogP contribution in [0.4, 0.5) is 0 Å². The van der Waals surface area contributed by atoms with E-state index in [-0.39, 0.29) is 22.3 Å². The zero-order valence-corrected chi connectivity index (χ0v) is 22.7. The van der Waals surface area contributed by atoms with Gasteiger partial charge in [-0.05, 0) is 57.3 Å². The first-order valence-corrected chi connectivity index (χ1v) is 13.9. The molecule has 0 unspecified atom stereocenters. The van der Waals surface area contributed by atoms with Crippen LogP contribution < -0.4 is 5.32 Å². The second-order valence-corrected chi connectivity index (χ2v) is 11.8. The maximum atomic E-state index is 13.1. The highest BCUT2D eigenvalue weighted by Crippen LogP contribution is 2.53. The van der Waals surface area contributed by atoms with Gasteiger partial charge in [0, 0.05) is 41.1 Å². The van der Waals surface area contributed by atoms with Gasteiger partial charge >= 0.3 is 0 Å². The maximum absolute atomic E-state index is 13.1. The van der Waals surface area contributed by atoms with Crippen molar-refractivity contribution < 1.29 is 13.2 Å². The highest BCUT2D eigenvalue weighted by molar-refractivity contribution is 7.90. The number of likely N-dealkylation sites (N-methyl/N-ethyl adjacent to an activating group) is 1. The summed E-state index contributed by atoms with van der Waals surface area (Å²) in [7, 11) is 0.115. The lowest BCUT2D eigenvalue weighted by molar-refractivity contribution is -0.117. The number of aromatic nitrogens is 3. The molecule has 2 atom stereocenters. The summed E-state index contributed by atoms with van der Waals surface area (Å²) in [5.74, 6) is -0.0449. The summed E-state index contributed by atoms with van der Waals surface area (Å²) in [5.41, 5.74) is 3.94. The fraction of sp³-hybridized carbons (Fsp3) is 0.276. The van der Waals surface area contributed by atoms with E-state index in [0.717, 1.165) is 26.5 Å². The number of pyridine rings is 1. The van der Waals surface area contributed by atoms with Gasteiger partial charge in [-0.25, -0.2) is 0 Å². The van der Waals surface area contributed by atoms with E-state index in [4.69, 9.17) is 0 Å². The molecule has 1 amide bonds. The van der Waals surface area contributed by atoms with Crippen molar-refractivity contribution >= 4 is 26.8 Å². The molecule has 1 aliphatic rings. The van der Waals surface area contributed by atoms with Crippen LogP contribution in [0.25, 0.3) is 10.9 Å². The molecule has 1 aliphatic carbocycles. The Kier molecular flexibility index (Phi) is 6.66. The molecule has 1 N–H and O–H groups in total. The number of nitrogens with one attached hydrogen (secondary N) is 1. The van der Waals surface area contributed by atoms with Gasteiger partial charge in [0.2, 0.25) is 5.91 Å². The molecule has 2 heterocycles. The standard InChI is InChI=1S/C29H31N5O3S/c1-20-27(29(20,2)22-11-7-5-8-12-22)28(35)31-18-24(33(3)4)16-23-15-21-17-32-34(26(21)19-30-23)38(36,37)25-13-9-6-10-14-25/h5-15,17,19,24H,16,18H2,1-4H3,(H,31,35)/t24-,29-/m0/s1. The van der Waals surface area contributed by atoms with Crippen molar-refractivity contribution in [3.63, 3.8) is 0 Å². The molecule has 2 aromatic heterocycles. The van der Waals surface area contributed by atoms with Crippen LogP contribution in [-0.2, 0) is 26.7 Å². The third kappa shape index (κ3) is 4.52. The lowest BCUT2D eigenvalue weighted by Gasteiger charge is -2.24. The van der Waals surface area contributed by atoms with Gasteiger partial charge in [0.15, 0.2) is 0 Å². The lowest BCUT2D eigenvalue weighted by atomic mass is 9.90. The molecule has 2 aromatic carbocycles. The third-order valence-electron chi connectivity index (χ3n) is 7.56. The van der Waals surface area contributed by atoms with E-state index in [1.807, 2.05) is 45.3 Å². The maximum Gasteiger partial charge on any atom is 0.283 e. The van der Waals surface area contributed by atoms with Crippen molar-refractivity contribution in [2.24, 2.45) is 0 Å². The van der Waals surface area contributed by atoms with Crippen LogP contribution >= 0.6 is 0 Å². The van der Waals surface area contributed by atoms with Crippen molar-refractivity contribution in [1.29, 1.82) is 0 Å². The van der Waals surface area contributed by atoms with E-state index in [9.17, 15) is 13.2 Å². The van der Waals surface area contributed by atoms with E-state index >= 15 is 0 Å². The van der Waals surface area contributed by atoms with Gasteiger partial charge in [0.25, 0.3) is 10.0 Å². The number of rotatable bonds is 9. The second-order valence-electron chi connectivity index (χ2n) is 10.1. The number of nitrogens with zero attached hydrogens (tertiary/aromatic N) is 4. The van der Waals surface area contributed by atoms with Crippen molar-refractivity contribution in [2.45, 2.75) is 36.6 Å². The van der Waals surface area contributed by atoms with Crippen molar-refractivity contribution in [3.05, 3.63) is 102 Å². The van der Waals surface area contributed by atoms with Gasteiger partial charge in [-0.2, -0.15) is 17.6 Å². The Morgan fingerprint density at radius 1 is 1.05 bits per heavy atom. The molecule has 38 heavy (non-hydrogen) atoms. The predicted octanol–water partition coefficient (Wildman–Crippen LogP) is 3.55. The predicted molar refractivity (Wildman–Crippen MR) is 147 cm³/mol. The van der Waals surface area contributed by atoms with Gasteiger partial charge in [-0.15, -0.1) is 0 Å². The quantitative estimate of drug-likeness (QED) is 0.356. The van der Waals surface area contributed by atoms with E-state index < -0.39 is 10.0 Å². The third-order valence-corrected chi connectivity index (χ3v) is 9.18. The first kappa shape index (κ1) is 25.8. The summed E-state index contributed by atoms with van der Waals surface area (Å²) in [4.78, 5) is 19.9. The number of allylic oxidation sites excluding steroid dienone is 1. The topological polar surface area (TPSA) is 97.2 Å². The van der Waals surface area contributed by atoms with Crippen molar-refractivity contribution in [3.8, 4) is 0 Å². The van der Waals surface area contributed by atoms with Gasteiger partial charge in [-0.1, -0.05) is 48.5 Å². The Morgan fingerprint density at radius 2 is 1.71 bits per heavy atom. The second kappa shape index (κ2) is 9.81. The van der Waals surface area contributed by atoms with E-state index in [1.165, 1.54) is 0 Å². The summed E-state index contributed by atoms with van der Waals surface area (Å²) >= 11 is 0. The average Bonchev–Trinajstić information content (AvgIpc) is 3.25. The Hall–Kier alpha value is -3.82. The smallest absolute Gasteiger partial charge is 0.283 e. The molecular weight excluding hydrogens is 498 g/mol. The Morgan fingerprint density at radius 3 is 2.37 bits per heavy atom. The van der Waals surface area contributed by atoms with Gasteiger partial charge in [0.1, 0.15) is 5.52 Å². The highest BCUT2D eigenvalue weighted by Gasteiger charge is 2.51. The van der Waals surface area contributed by atoms with E-state index in [2.05, 4.69) is 39.4 Å². The molecule has 0 aliphatic heterocycles. The highest BCUT2D eigenvalue weighted by atomic mass is 32.2. The molecule has 9 heteroatoms. The first-order valence-electron chi connectivity index (χ1n) is 12.5. The Labute approximate surface area is 223 Å². The Bertz CT molecular complexity index is 1630. The average molecular weight is 530 g/mol. The van der Waals surface area contributed by atoms with Gasteiger partial charge in [-0.3, -0.25) is 9.78 Å². The molecule has 0 bridgehead atoms. The largest absolute Gasteiger partial charge is 0.351 e. The van der Waals surface area contributed by atoms with Crippen LogP contribution in [0.5, 0.6) is 0 Å². The minimum absolute atomic E-state index is 0.00497. The van der Waals surface area contributed by atoms with Crippen LogP contribution in [0, 0.1) is 0 Å². The molecule has 0 saturated carbocycles. The lowest BCUT2D eigenvalue weighted by Crippen LogP contribution is -2.42. The normalized spacial score (nSPS) is 18.1. The number of hydrogen-bond acceptors (Lipinski definition) is 6. The fourth-order valence-corrected chi connectivity index (χ4v) is 6.27. The van der Waals surface area contributed by atoms with Gasteiger partial charge in [0.05, 0.1) is 17.3 Å². The van der Waals surface area contributed by atoms with E-state index in [1.54, 1.807) is 42.7 Å². The number of benzene rings is 2. The Balaban J connectivity index is 1.29. The summed E-state index contributed by atoms with van der Waals surface area (Å²) in [5, 5.41) is 7.95. The molecule has 0 radical (unpaired) electrons. The van der Waals surface area contributed by atoms with Crippen molar-refractivity contribution in [2.75, 3.05) is 20.6 Å². The van der Waals surface area contributed by atoms with Crippen LogP contribution in [-0.4, -0.2) is 60.1 Å². The summed E-state index contributed by atoms with van der Waals surface area (Å²) in [6, 6.07) is 20.1. The molecule has 0 fully saturated rings. The van der Waals surface area contributed by atoms with Gasteiger partial charge < -0.3 is 10.2 Å². The van der Waals surface area contributed by atoms with Crippen LogP contribution in [0.15, 0.2) is 95.2 Å². The fourth-order valence-electron chi connectivity index (χ4n) is 4.98. The van der Waals surface area contributed by atoms with Crippen LogP contribution in [0.3, 0.4) is 0 Å². The molecule has 4 aromatic rings. The number of carbonyl (C=O) groups excluding carboxylic acids is 1. The van der Waals surface area contributed by atoms with E-state index in [0.29, 0.717) is 23.9 Å². The molecule has 0 spiro atoms. The minimum Gasteiger partial charge on any atom is -0.351 e. The zero-order chi connectivity index (χ0) is 27.1. The molecule has 196 valence electrons. The monoisotopic (exact) mass is 529 g/mol. The van der Waals surface area contributed by atoms with Crippen LogP contribution in [0.2, 0.25) is 0 Å². The van der Waals surface area contributed by atoms with Crippen LogP contribution in [0.1, 0.15) is 25.1 Å². The zero-order valence-electron chi connectivity index (χ0n) is 21.9. The van der Waals surface area contributed by atoms with Crippen molar-refractivity contribution in [1.82, 2.24) is 24.4 Å². The molecule has 5 rings (SSSR count). The molecular formula is C29H31N5O3S. The SMILES string of the molecule is CC1=C(C(=O)NC[C@H](Cc2cc3cnn(S(=O)(=O)c4ccccc4)c3cn2)N(C)C)[C@]1(C)c1ccccc1. The number of carbonyl (C=O) groups is 1. The number of fused-ring (bicyclic) bond motifs is 1. The molecule has 0 saturated heterocycles. The first-order chi connectivity index (χ1) is 18.1. The minimum atomic E-state index is -3.82. The summed E-state index contributed by atoms with van der Waals surface area (Å²) in [6.07, 6.45) is 3.67. The molecule has 8 nitrogen and oxygen atoms in total.